The van der Waals surface area contributed by atoms with Crippen molar-refractivity contribution in [2.24, 2.45) is 0 Å². The summed E-state index contributed by atoms with van der Waals surface area (Å²) in [5.74, 6) is -1.80. The number of β-amino-alcohol motifs (C(OH)–C–C–N with tert-alkyl or cyclic N) is 1. The molecule has 0 aromatic heterocycles. The van der Waals surface area contributed by atoms with Crippen LogP contribution < -0.4 is 4.90 Å². The van der Waals surface area contributed by atoms with Gasteiger partial charge >= 0.3 is 5.97 Å². The van der Waals surface area contributed by atoms with Crippen molar-refractivity contribution in [1.29, 1.82) is 0 Å². The average Bonchev–Trinajstić information content (AvgIpc) is 2.65. The van der Waals surface area contributed by atoms with Gasteiger partial charge in [-0.2, -0.15) is 0 Å². The molecular formula is C15H17NO5. The Bertz CT molecular complexity index is 596. The largest absolute Gasteiger partial charge is 0.466 e. The lowest BCUT2D eigenvalue weighted by Gasteiger charge is -2.21. The van der Waals surface area contributed by atoms with E-state index in [1.165, 1.54) is 4.90 Å². The van der Waals surface area contributed by atoms with Gasteiger partial charge in [0.1, 0.15) is 0 Å². The minimum absolute atomic E-state index is 0.110. The third-order valence-corrected chi connectivity index (χ3v) is 3.29. The van der Waals surface area contributed by atoms with E-state index in [-0.39, 0.29) is 19.6 Å². The maximum atomic E-state index is 12.0. The summed E-state index contributed by atoms with van der Waals surface area (Å²) in [6, 6.07) is 5.08. The van der Waals surface area contributed by atoms with Crippen LogP contribution in [0.3, 0.4) is 0 Å². The number of hydrogen-bond donors (Lipinski definition) is 1. The topological polar surface area (TPSA) is 83.9 Å². The molecule has 1 unspecified atom stereocenters. The summed E-state index contributed by atoms with van der Waals surface area (Å²) >= 11 is 0. The number of ketones is 1. The normalized spacial score (nSPS) is 15.1. The molecule has 1 aromatic rings. The number of para-hydroxylation sites is 1. The van der Waals surface area contributed by atoms with Crippen molar-refractivity contribution in [1.82, 2.24) is 0 Å². The van der Waals surface area contributed by atoms with E-state index in [1.807, 2.05) is 0 Å². The first-order chi connectivity index (χ1) is 9.95. The zero-order valence-electron chi connectivity index (χ0n) is 12.0. The molecule has 0 aliphatic carbocycles. The summed E-state index contributed by atoms with van der Waals surface area (Å²) in [4.78, 5) is 36.5. The van der Waals surface area contributed by atoms with E-state index < -0.39 is 23.8 Å². The van der Waals surface area contributed by atoms with Gasteiger partial charge in [0.25, 0.3) is 11.7 Å². The van der Waals surface area contributed by atoms with E-state index in [9.17, 15) is 19.5 Å². The smallest absolute Gasteiger partial charge is 0.308 e. The number of esters is 1. The number of aliphatic hydroxyl groups excluding tert-OH is 1. The molecule has 1 aliphatic rings. The summed E-state index contributed by atoms with van der Waals surface area (Å²) < 4.78 is 4.75. The van der Waals surface area contributed by atoms with Crippen LogP contribution >= 0.6 is 0 Å². The third kappa shape index (κ3) is 2.95. The fraction of sp³-hybridized carbons (Fsp3) is 0.400. The molecule has 0 saturated heterocycles. The van der Waals surface area contributed by atoms with E-state index in [2.05, 4.69) is 0 Å². The molecule has 0 fully saturated rings. The average molecular weight is 291 g/mol. The van der Waals surface area contributed by atoms with Crippen LogP contribution in [0.5, 0.6) is 0 Å². The molecule has 0 radical (unpaired) electrons. The molecule has 1 amide bonds. The Balaban J connectivity index is 2.16. The van der Waals surface area contributed by atoms with Crippen molar-refractivity contribution in [2.45, 2.75) is 26.4 Å². The molecule has 1 aromatic carbocycles. The number of aliphatic hydroxyl groups is 1. The number of Topliss-reactive ketones (excluding diaryl/α,β-unsaturated/α-hetero) is 1. The van der Waals surface area contributed by atoms with Crippen molar-refractivity contribution in [3.63, 3.8) is 0 Å². The number of aryl methyl sites for hydroxylation is 1. The molecule has 1 aliphatic heterocycles. The van der Waals surface area contributed by atoms with Crippen molar-refractivity contribution in [3.8, 4) is 0 Å². The number of carbonyl (C=O) groups is 3. The Labute approximate surface area is 122 Å². The Kier molecular flexibility index (Phi) is 4.37. The quantitative estimate of drug-likeness (QED) is 0.642. The van der Waals surface area contributed by atoms with Crippen molar-refractivity contribution < 1.29 is 24.2 Å². The molecule has 112 valence electrons. The molecule has 6 nitrogen and oxygen atoms in total. The number of carbonyl (C=O) groups excluding carboxylic acids is 3. The molecular weight excluding hydrogens is 274 g/mol. The van der Waals surface area contributed by atoms with E-state index in [4.69, 9.17) is 4.74 Å². The molecule has 1 N–H and O–H groups in total. The molecule has 2 rings (SSSR count). The molecule has 6 heteroatoms. The van der Waals surface area contributed by atoms with Crippen LogP contribution in [0.15, 0.2) is 18.2 Å². The summed E-state index contributed by atoms with van der Waals surface area (Å²) in [6.07, 6.45) is -1.29. The highest BCUT2D eigenvalue weighted by Crippen LogP contribution is 2.32. The molecule has 1 heterocycles. The lowest BCUT2D eigenvalue weighted by Crippen LogP contribution is -2.38. The number of nitrogens with zero attached hydrogens (tertiary/aromatic N) is 1. The van der Waals surface area contributed by atoms with Crippen LogP contribution in [0, 0.1) is 6.92 Å². The predicted octanol–water partition coefficient (Wildman–Crippen LogP) is 0.838. The third-order valence-electron chi connectivity index (χ3n) is 3.29. The second-order valence-corrected chi connectivity index (χ2v) is 4.88. The first-order valence-corrected chi connectivity index (χ1v) is 6.75. The number of rotatable bonds is 5. The number of hydrogen-bond acceptors (Lipinski definition) is 5. The first kappa shape index (κ1) is 15.2. The van der Waals surface area contributed by atoms with E-state index in [0.717, 1.165) is 5.56 Å². The zero-order chi connectivity index (χ0) is 15.6. The number of amides is 1. The molecule has 0 saturated carbocycles. The van der Waals surface area contributed by atoms with Crippen LogP contribution in [-0.2, 0) is 14.3 Å². The SMILES string of the molecule is CCOC(=O)CC(O)CN1C(=O)C(=O)c2cccc(C)c21. The van der Waals surface area contributed by atoms with Gasteiger partial charge in [-0.25, -0.2) is 0 Å². The fourth-order valence-electron chi connectivity index (χ4n) is 2.40. The second-order valence-electron chi connectivity index (χ2n) is 4.88. The van der Waals surface area contributed by atoms with Gasteiger partial charge in [-0.3, -0.25) is 14.4 Å². The van der Waals surface area contributed by atoms with Gasteiger partial charge in [-0.05, 0) is 25.5 Å². The minimum Gasteiger partial charge on any atom is -0.466 e. The molecule has 21 heavy (non-hydrogen) atoms. The zero-order valence-corrected chi connectivity index (χ0v) is 12.0. The van der Waals surface area contributed by atoms with Crippen LogP contribution in [-0.4, -0.2) is 42.0 Å². The van der Waals surface area contributed by atoms with Crippen molar-refractivity contribution in [2.75, 3.05) is 18.1 Å². The van der Waals surface area contributed by atoms with E-state index in [1.54, 1.807) is 32.0 Å². The maximum absolute atomic E-state index is 12.0. The van der Waals surface area contributed by atoms with E-state index in [0.29, 0.717) is 11.3 Å². The van der Waals surface area contributed by atoms with Crippen LogP contribution in [0.2, 0.25) is 0 Å². The van der Waals surface area contributed by atoms with Gasteiger partial charge in [0.05, 0.1) is 36.9 Å². The molecule has 1 atom stereocenters. The number of ether oxygens (including phenoxy) is 1. The summed E-state index contributed by atoms with van der Waals surface area (Å²) in [5, 5.41) is 9.92. The van der Waals surface area contributed by atoms with Crippen molar-refractivity contribution >= 4 is 23.3 Å². The van der Waals surface area contributed by atoms with Crippen LogP contribution in [0.25, 0.3) is 0 Å². The van der Waals surface area contributed by atoms with Crippen molar-refractivity contribution in [3.05, 3.63) is 29.3 Å². The summed E-state index contributed by atoms with van der Waals surface area (Å²) in [6.45, 7) is 3.58. The maximum Gasteiger partial charge on any atom is 0.308 e. The van der Waals surface area contributed by atoms with Gasteiger partial charge in [0.2, 0.25) is 0 Å². The first-order valence-electron chi connectivity index (χ1n) is 6.75. The van der Waals surface area contributed by atoms with E-state index >= 15 is 0 Å². The highest BCUT2D eigenvalue weighted by atomic mass is 16.5. The second kappa shape index (κ2) is 6.05. The van der Waals surface area contributed by atoms with Gasteiger partial charge < -0.3 is 14.7 Å². The molecule has 0 bridgehead atoms. The summed E-state index contributed by atoms with van der Waals surface area (Å²) in [7, 11) is 0. The predicted molar refractivity (Wildman–Crippen MR) is 75.1 cm³/mol. The number of anilines is 1. The van der Waals surface area contributed by atoms with Crippen LogP contribution in [0.1, 0.15) is 29.3 Å². The number of benzene rings is 1. The number of fused-ring (bicyclic) bond motifs is 1. The minimum atomic E-state index is -1.08. The van der Waals surface area contributed by atoms with Crippen LogP contribution in [0.4, 0.5) is 5.69 Å². The fourth-order valence-corrected chi connectivity index (χ4v) is 2.40. The van der Waals surface area contributed by atoms with Gasteiger partial charge in [-0.1, -0.05) is 12.1 Å². The standard InChI is InChI=1S/C15H17NO5/c1-3-21-12(18)7-10(17)8-16-13-9(2)5-4-6-11(13)14(19)15(16)20/h4-6,10,17H,3,7-8H2,1-2H3. The highest BCUT2D eigenvalue weighted by molar-refractivity contribution is 6.52. The Morgan fingerprint density at radius 1 is 1.38 bits per heavy atom. The highest BCUT2D eigenvalue weighted by Gasteiger charge is 2.37. The van der Waals surface area contributed by atoms with Gasteiger partial charge in [-0.15, -0.1) is 0 Å². The Morgan fingerprint density at radius 3 is 2.76 bits per heavy atom. The monoisotopic (exact) mass is 291 g/mol. The molecule has 0 spiro atoms. The lowest BCUT2D eigenvalue weighted by atomic mass is 10.1. The van der Waals surface area contributed by atoms with Gasteiger partial charge in [0.15, 0.2) is 0 Å². The Morgan fingerprint density at radius 2 is 2.10 bits per heavy atom. The van der Waals surface area contributed by atoms with Gasteiger partial charge in [0, 0.05) is 0 Å². The Hall–Kier alpha value is -2.21. The lowest BCUT2D eigenvalue weighted by molar-refractivity contribution is -0.145. The summed E-state index contributed by atoms with van der Waals surface area (Å²) in [5.41, 5.74) is 1.62.